The summed E-state index contributed by atoms with van der Waals surface area (Å²) in [5, 5.41) is 3.46. The molecule has 0 aliphatic carbocycles. The summed E-state index contributed by atoms with van der Waals surface area (Å²) in [5.41, 5.74) is 1.65. The third-order valence-electron chi connectivity index (χ3n) is 3.17. The van der Waals surface area contributed by atoms with Crippen molar-refractivity contribution in [2.45, 2.75) is 25.3 Å². The summed E-state index contributed by atoms with van der Waals surface area (Å²) in [6, 6.07) is 6.22. The first-order chi connectivity index (χ1) is 8.42. The Bertz CT molecular complexity index is 489. The molecular weight excluding hydrogens is 216 g/mol. The summed E-state index contributed by atoms with van der Waals surface area (Å²) in [6.45, 7) is 1.83. The van der Waals surface area contributed by atoms with Crippen LogP contribution in [0.5, 0.6) is 5.75 Å². The van der Waals surface area contributed by atoms with Crippen LogP contribution in [0, 0.1) is 0 Å². The summed E-state index contributed by atoms with van der Waals surface area (Å²) in [6.07, 6.45) is 5.23. The molecule has 1 unspecified atom stereocenters. The highest BCUT2D eigenvalue weighted by Gasteiger charge is 2.13. The second kappa shape index (κ2) is 4.75. The summed E-state index contributed by atoms with van der Waals surface area (Å²) in [7, 11) is 0. The fourth-order valence-electron chi connectivity index (χ4n) is 2.19. The van der Waals surface area contributed by atoms with Gasteiger partial charge in [-0.1, -0.05) is 6.42 Å². The monoisotopic (exact) mass is 232 g/mol. The van der Waals surface area contributed by atoms with Crippen molar-refractivity contribution in [1.29, 1.82) is 0 Å². The number of piperidine rings is 1. The largest absolute Gasteiger partial charge is 0.492 e. The van der Waals surface area contributed by atoms with E-state index >= 15 is 0 Å². The molecule has 0 saturated carbocycles. The van der Waals surface area contributed by atoms with Crippen molar-refractivity contribution in [3.05, 3.63) is 24.6 Å². The molecule has 4 nitrogen and oxygen atoms in total. The van der Waals surface area contributed by atoms with Crippen molar-refractivity contribution in [1.82, 2.24) is 10.3 Å². The minimum Gasteiger partial charge on any atom is -0.492 e. The maximum absolute atomic E-state index is 5.78. The number of fused-ring (bicyclic) bond motifs is 1. The predicted octanol–water partition coefficient (Wildman–Crippen LogP) is 2.35. The van der Waals surface area contributed by atoms with E-state index in [0.29, 0.717) is 6.04 Å². The van der Waals surface area contributed by atoms with Gasteiger partial charge in [0.15, 0.2) is 12.0 Å². The van der Waals surface area contributed by atoms with Crippen LogP contribution in [0.2, 0.25) is 0 Å². The predicted molar refractivity (Wildman–Crippen MR) is 65.1 cm³/mol. The van der Waals surface area contributed by atoms with Crippen LogP contribution >= 0.6 is 0 Å². The van der Waals surface area contributed by atoms with E-state index in [1.54, 1.807) is 0 Å². The third-order valence-corrected chi connectivity index (χ3v) is 3.17. The van der Waals surface area contributed by atoms with Crippen LogP contribution in [0.4, 0.5) is 0 Å². The Morgan fingerprint density at radius 3 is 3.29 bits per heavy atom. The van der Waals surface area contributed by atoms with Gasteiger partial charge in [-0.2, -0.15) is 0 Å². The van der Waals surface area contributed by atoms with Gasteiger partial charge in [0.1, 0.15) is 17.9 Å². The molecule has 1 N–H and O–H groups in total. The zero-order valence-electron chi connectivity index (χ0n) is 9.69. The maximum atomic E-state index is 5.78. The molecule has 90 valence electrons. The van der Waals surface area contributed by atoms with E-state index in [9.17, 15) is 0 Å². The molecule has 0 spiro atoms. The van der Waals surface area contributed by atoms with Crippen LogP contribution in [0.1, 0.15) is 19.3 Å². The minimum atomic E-state index is 0.483. The molecule has 1 aliphatic rings. The summed E-state index contributed by atoms with van der Waals surface area (Å²) in [5.74, 6) is 0.860. The van der Waals surface area contributed by atoms with Crippen LogP contribution in [0.3, 0.4) is 0 Å². The third kappa shape index (κ3) is 2.42. The lowest BCUT2D eigenvalue weighted by Gasteiger charge is -2.23. The highest BCUT2D eigenvalue weighted by atomic mass is 16.5. The van der Waals surface area contributed by atoms with Gasteiger partial charge in [-0.15, -0.1) is 0 Å². The number of benzene rings is 1. The second-order valence-electron chi connectivity index (χ2n) is 4.44. The van der Waals surface area contributed by atoms with Gasteiger partial charge in [0.2, 0.25) is 0 Å². The number of aromatic nitrogens is 1. The zero-order chi connectivity index (χ0) is 11.5. The van der Waals surface area contributed by atoms with E-state index in [1.807, 2.05) is 18.2 Å². The number of hydrogen-bond acceptors (Lipinski definition) is 4. The Morgan fingerprint density at radius 1 is 1.41 bits per heavy atom. The Hall–Kier alpha value is -1.55. The fraction of sp³-hybridized carbons (Fsp3) is 0.462. The van der Waals surface area contributed by atoms with Crippen molar-refractivity contribution in [3.63, 3.8) is 0 Å². The molecule has 2 aromatic rings. The molecule has 0 bridgehead atoms. The molecule has 1 atom stereocenters. The van der Waals surface area contributed by atoms with Crippen molar-refractivity contribution in [3.8, 4) is 5.75 Å². The lowest BCUT2D eigenvalue weighted by molar-refractivity contribution is 0.239. The van der Waals surface area contributed by atoms with Crippen molar-refractivity contribution < 1.29 is 9.15 Å². The topological polar surface area (TPSA) is 47.3 Å². The van der Waals surface area contributed by atoms with Crippen LogP contribution in [-0.4, -0.2) is 24.2 Å². The van der Waals surface area contributed by atoms with E-state index in [1.165, 1.54) is 25.7 Å². The normalized spacial score (nSPS) is 20.6. The van der Waals surface area contributed by atoms with E-state index in [2.05, 4.69) is 10.3 Å². The number of nitrogens with one attached hydrogen (secondary N) is 1. The molecule has 1 saturated heterocycles. The lowest BCUT2D eigenvalue weighted by Crippen LogP contribution is -2.38. The number of rotatable bonds is 3. The lowest BCUT2D eigenvalue weighted by atomic mass is 10.1. The zero-order valence-corrected chi connectivity index (χ0v) is 9.69. The SMILES string of the molecule is c1nc2cc(OCC3CCCCN3)ccc2o1. The minimum absolute atomic E-state index is 0.483. The van der Waals surface area contributed by atoms with Crippen LogP contribution < -0.4 is 10.1 Å². The van der Waals surface area contributed by atoms with Gasteiger partial charge in [-0.05, 0) is 31.5 Å². The fourth-order valence-corrected chi connectivity index (χ4v) is 2.19. The Kier molecular flexibility index (Phi) is 2.96. The average molecular weight is 232 g/mol. The molecule has 2 heterocycles. The number of ether oxygens (including phenoxy) is 1. The van der Waals surface area contributed by atoms with Crippen LogP contribution in [-0.2, 0) is 0 Å². The first-order valence-electron chi connectivity index (χ1n) is 6.11. The molecule has 1 fully saturated rings. The molecule has 17 heavy (non-hydrogen) atoms. The summed E-state index contributed by atoms with van der Waals surface area (Å²) in [4.78, 5) is 4.11. The van der Waals surface area contributed by atoms with E-state index < -0.39 is 0 Å². The number of nitrogens with zero attached hydrogens (tertiary/aromatic N) is 1. The number of hydrogen-bond donors (Lipinski definition) is 1. The van der Waals surface area contributed by atoms with Gasteiger partial charge in [0.05, 0.1) is 0 Å². The first kappa shape index (κ1) is 10.6. The maximum Gasteiger partial charge on any atom is 0.181 e. The van der Waals surface area contributed by atoms with Gasteiger partial charge in [-0.3, -0.25) is 0 Å². The number of oxazole rings is 1. The van der Waals surface area contributed by atoms with Gasteiger partial charge in [0.25, 0.3) is 0 Å². The Morgan fingerprint density at radius 2 is 2.41 bits per heavy atom. The van der Waals surface area contributed by atoms with Crippen molar-refractivity contribution in [2.24, 2.45) is 0 Å². The molecule has 0 radical (unpaired) electrons. The molecular formula is C13H16N2O2. The van der Waals surface area contributed by atoms with Gasteiger partial charge < -0.3 is 14.5 Å². The van der Waals surface area contributed by atoms with E-state index in [-0.39, 0.29) is 0 Å². The molecule has 0 amide bonds. The average Bonchev–Trinajstić information content (AvgIpc) is 2.85. The summed E-state index contributed by atoms with van der Waals surface area (Å²) >= 11 is 0. The molecule has 1 aliphatic heterocycles. The van der Waals surface area contributed by atoms with Crippen molar-refractivity contribution >= 4 is 11.1 Å². The molecule has 1 aromatic heterocycles. The van der Waals surface area contributed by atoms with Gasteiger partial charge in [-0.25, -0.2) is 4.98 Å². The molecule has 3 rings (SSSR count). The summed E-state index contributed by atoms with van der Waals surface area (Å²) < 4.78 is 11.0. The van der Waals surface area contributed by atoms with Gasteiger partial charge in [0, 0.05) is 12.1 Å². The van der Waals surface area contributed by atoms with Crippen molar-refractivity contribution in [2.75, 3.05) is 13.2 Å². The quantitative estimate of drug-likeness (QED) is 0.882. The molecule has 4 heteroatoms. The highest BCUT2D eigenvalue weighted by molar-refractivity contribution is 5.73. The Balaban J connectivity index is 1.63. The van der Waals surface area contributed by atoms with E-state index in [4.69, 9.17) is 9.15 Å². The molecule has 1 aromatic carbocycles. The standard InChI is InChI=1S/C13H16N2O2/c1-2-6-14-10(3-1)8-16-11-4-5-13-12(7-11)15-9-17-13/h4-5,7,9-10,14H,1-3,6,8H2. The highest BCUT2D eigenvalue weighted by Crippen LogP contribution is 2.20. The van der Waals surface area contributed by atoms with E-state index in [0.717, 1.165) is 30.0 Å². The van der Waals surface area contributed by atoms with Crippen LogP contribution in [0.15, 0.2) is 29.0 Å². The van der Waals surface area contributed by atoms with Gasteiger partial charge >= 0.3 is 0 Å². The second-order valence-corrected chi connectivity index (χ2v) is 4.44. The first-order valence-corrected chi connectivity index (χ1v) is 6.11. The van der Waals surface area contributed by atoms with Crippen LogP contribution in [0.25, 0.3) is 11.1 Å². The Labute approximate surface area is 100.0 Å². The smallest absolute Gasteiger partial charge is 0.181 e.